The van der Waals surface area contributed by atoms with Crippen molar-refractivity contribution in [2.45, 2.75) is 27.7 Å². The molecule has 2 aromatic rings. The number of hydrogen-bond donors (Lipinski definition) is 0. The van der Waals surface area contributed by atoms with Gasteiger partial charge in [0, 0.05) is 45.3 Å². The summed E-state index contributed by atoms with van der Waals surface area (Å²) < 4.78 is 1.85. The number of fused-ring (bicyclic) bond motifs is 1. The molecule has 4 rings (SSSR count). The van der Waals surface area contributed by atoms with Gasteiger partial charge in [-0.1, -0.05) is 0 Å². The molecule has 0 spiro atoms. The van der Waals surface area contributed by atoms with E-state index in [4.69, 9.17) is 24.4 Å². The van der Waals surface area contributed by atoms with E-state index in [1.807, 2.05) is 39.8 Å². The predicted molar refractivity (Wildman–Crippen MR) is 150 cm³/mol. The lowest BCUT2D eigenvalue weighted by molar-refractivity contribution is -0.135. The molecule has 0 radical (unpaired) electrons. The molecule has 4 heterocycles. The van der Waals surface area contributed by atoms with Crippen molar-refractivity contribution >= 4 is 103 Å². The topological polar surface area (TPSA) is 81.2 Å². The summed E-state index contributed by atoms with van der Waals surface area (Å²) in [6.07, 6.45) is 3.22. The molecule has 2 aromatic heterocycles. The maximum absolute atomic E-state index is 12.9. The van der Waals surface area contributed by atoms with Crippen LogP contribution in [0, 0.1) is 0 Å². The minimum absolute atomic E-state index is 0.0808. The summed E-state index contributed by atoms with van der Waals surface area (Å²) in [4.78, 5) is 58.8. The van der Waals surface area contributed by atoms with Crippen molar-refractivity contribution in [3.05, 3.63) is 33.0 Å². The monoisotopic (exact) mass is 560 g/mol. The van der Waals surface area contributed by atoms with Crippen LogP contribution in [0.1, 0.15) is 37.4 Å². The highest BCUT2D eigenvalue weighted by Crippen LogP contribution is 2.36. The van der Waals surface area contributed by atoms with Crippen LogP contribution in [0.2, 0.25) is 0 Å². The van der Waals surface area contributed by atoms with Gasteiger partial charge in [-0.05, 0) is 76.4 Å². The SMILES string of the molecule is CCN1C(=O)C(=Cc2cc3sc(C=C4C(=O)N(CC)C(=S)N(CC)C4=O)cc3s2)C(=O)N(CC)C1=S. The molecule has 36 heavy (non-hydrogen) atoms. The molecule has 2 fully saturated rings. The number of thiocarbonyl (C=S) groups is 2. The second-order valence-corrected chi connectivity index (χ2v) is 10.9. The standard InChI is InChI=1S/C24H24N4O4S4/c1-5-25-19(29)15(20(30)26(6-2)23(25)33)9-13-11-17-18(35-13)12-14(36-17)10-16-21(31)27(7-3)24(34)28(8-4)22(16)32/h9-12H,5-8H2,1-4H3. The van der Waals surface area contributed by atoms with Crippen LogP contribution in [-0.2, 0) is 19.2 Å². The van der Waals surface area contributed by atoms with Crippen LogP contribution >= 0.6 is 47.1 Å². The van der Waals surface area contributed by atoms with Crippen LogP contribution < -0.4 is 0 Å². The van der Waals surface area contributed by atoms with E-state index in [0.717, 1.165) is 19.2 Å². The normalized spacial score (nSPS) is 17.3. The quantitative estimate of drug-likeness (QED) is 0.304. The van der Waals surface area contributed by atoms with Crippen molar-refractivity contribution in [3.8, 4) is 0 Å². The fourth-order valence-electron chi connectivity index (χ4n) is 4.07. The molecule has 2 aliphatic rings. The highest BCUT2D eigenvalue weighted by molar-refractivity contribution is 7.80. The van der Waals surface area contributed by atoms with Crippen LogP contribution in [0.4, 0.5) is 0 Å². The van der Waals surface area contributed by atoms with Gasteiger partial charge in [0.15, 0.2) is 10.2 Å². The van der Waals surface area contributed by atoms with Gasteiger partial charge in [0.2, 0.25) is 0 Å². The number of nitrogens with zero attached hydrogens (tertiary/aromatic N) is 4. The van der Waals surface area contributed by atoms with Crippen LogP contribution in [0.15, 0.2) is 23.3 Å². The molecule has 0 unspecified atom stereocenters. The van der Waals surface area contributed by atoms with Crippen molar-refractivity contribution in [1.82, 2.24) is 19.6 Å². The molecule has 4 amide bonds. The zero-order chi connectivity index (χ0) is 26.3. The van der Waals surface area contributed by atoms with Crippen LogP contribution in [-0.4, -0.2) is 79.6 Å². The zero-order valence-electron chi connectivity index (χ0n) is 20.2. The number of amides is 4. The Morgan fingerprint density at radius 3 is 1.14 bits per heavy atom. The fourth-order valence-corrected chi connectivity index (χ4v) is 7.22. The smallest absolute Gasteiger partial charge is 0.265 e. The molecule has 0 saturated carbocycles. The number of thiophene rings is 2. The summed E-state index contributed by atoms with van der Waals surface area (Å²) in [6, 6.07) is 3.80. The van der Waals surface area contributed by atoms with E-state index in [1.165, 1.54) is 42.3 Å². The molecule has 8 nitrogen and oxygen atoms in total. The summed E-state index contributed by atoms with van der Waals surface area (Å²) >= 11 is 13.5. The number of rotatable bonds is 6. The molecule has 188 valence electrons. The van der Waals surface area contributed by atoms with Crippen LogP contribution in [0.25, 0.3) is 21.6 Å². The van der Waals surface area contributed by atoms with E-state index in [1.54, 1.807) is 12.2 Å². The van der Waals surface area contributed by atoms with Crippen molar-refractivity contribution in [1.29, 1.82) is 0 Å². The first-order valence-corrected chi connectivity index (χ1v) is 13.9. The molecular formula is C24H24N4O4S4. The third-order valence-corrected chi connectivity index (χ3v) is 8.98. The van der Waals surface area contributed by atoms with E-state index in [9.17, 15) is 19.2 Å². The van der Waals surface area contributed by atoms with Crippen molar-refractivity contribution in [2.24, 2.45) is 0 Å². The van der Waals surface area contributed by atoms with Gasteiger partial charge in [-0.25, -0.2) is 0 Å². The first-order valence-electron chi connectivity index (χ1n) is 11.5. The maximum Gasteiger partial charge on any atom is 0.265 e. The summed E-state index contributed by atoms with van der Waals surface area (Å²) in [5.74, 6) is -1.58. The largest absolute Gasteiger partial charge is 0.285 e. The second kappa shape index (κ2) is 10.3. The van der Waals surface area contributed by atoms with Gasteiger partial charge in [-0.2, -0.15) is 0 Å². The number of hydrogen-bond acceptors (Lipinski definition) is 8. The summed E-state index contributed by atoms with van der Waals surface area (Å²) in [6.45, 7) is 8.78. The zero-order valence-corrected chi connectivity index (χ0v) is 23.5. The molecule has 12 heteroatoms. The summed E-state index contributed by atoms with van der Waals surface area (Å²) in [5, 5.41) is 0.459. The highest BCUT2D eigenvalue weighted by atomic mass is 32.1. The minimum atomic E-state index is -0.396. The number of likely N-dealkylation sites (N-methyl/N-ethyl adjacent to an activating group) is 4. The van der Waals surface area contributed by atoms with Gasteiger partial charge >= 0.3 is 0 Å². The van der Waals surface area contributed by atoms with Crippen molar-refractivity contribution < 1.29 is 19.2 Å². The lowest BCUT2D eigenvalue weighted by Gasteiger charge is -2.35. The van der Waals surface area contributed by atoms with E-state index in [2.05, 4.69) is 0 Å². The van der Waals surface area contributed by atoms with Gasteiger partial charge in [-0.15, -0.1) is 22.7 Å². The summed E-state index contributed by atoms with van der Waals surface area (Å²) in [7, 11) is 0. The molecule has 0 atom stereocenters. The molecule has 0 bridgehead atoms. The molecule has 0 aromatic carbocycles. The average Bonchev–Trinajstić information content (AvgIpc) is 3.39. The highest BCUT2D eigenvalue weighted by Gasteiger charge is 2.39. The van der Waals surface area contributed by atoms with Gasteiger partial charge in [0.05, 0.1) is 0 Å². The first kappa shape index (κ1) is 26.3. The Balaban J connectivity index is 1.67. The molecule has 0 N–H and O–H groups in total. The lowest BCUT2D eigenvalue weighted by atomic mass is 10.1. The second-order valence-electron chi connectivity index (χ2n) is 7.90. The van der Waals surface area contributed by atoms with Gasteiger partial charge in [0.1, 0.15) is 11.1 Å². The third-order valence-electron chi connectivity index (χ3n) is 5.91. The third kappa shape index (κ3) is 4.32. The van der Waals surface area contributed by atoms with E-state index < -0.39 is 23.6 Å². The van der Waals surface area contributed by atoms with Gasteiger partial charge in [0.25, 0.3) is 23.6 Å². The fraction of sp³-hybridized carbons (Fsp3) is 0.333. The first-order chi connectivity index (χ1) is 17.2. The van der Waals surface area contributed by atoms with E-state index in [-0.39, 0.29) is 21.4 Å². The Kier molecular flexibility index (Phi) is 7.51. The van der Waals surface area contributed by atoms with E-state index >= 15 is 0 Å². The van der Waals surface area contributed by atoms with Crippen molar-refractivity contribution in [2.75, 3.05) is 26.2 Å². The van der Waals surface area contributed by atoms with Crippen LogP contribution in [0.5, 0.6) is 0 Å². The predicted octanol–water partition coefficient (Wildman–Crippen LogP) is 3.72. The van der Waals surface area contributed by atoms with Crippen molar-refractivity contribution in [3.63, 3.8) is 0 Å². The Bertz CT molecular complexity index is 1200. The minimum Gasteiger partial charge on any atom is -0.285 e. The Labute approximate surface area is 227 Å². The van der Waals surface area contributed by atoms with E-state index in [0.29, 0.717) is 26.2 Å². The number of carbonyl (C=O) groups excluding carboxylic acids is 4. The van der Waals surface area contributed by atoms with Crippen LogP contribution in [0.3, 0.4) is 0 Å². The molecule has 2 aliphatic heterocycles. The lowest BCUT2D eigenvalue weighted by Crippen LogP contribution is -2.55. The summed E-state index contributed by atoms with van der Waals surface area (Å²) in [5.41, 5.74) is 0.162. The molecule has 0 aliphatic carbocycles. The number of carbonyl (C=O) groups is 4. The average molecular weight is 561 g/mol. The van der Waals surface area contributed by atoms with Gasteiger partial charge in [-0.3, -0.25) is 38.8 Å². The Morgan fingerprint density at radius 2 is 0.889 bits per heavy atom. The molecule has 2 saturated heterocycles. The Morgan fingerprint density at radius 1 is 0.611 bits per heavy atom. The maximum atomic E-state index is 12.9. The Hall–Kier alpha value is -2.80. The van der Waals surface area contributed by atoms with Gasteiger partial charge < -0.3 is 0 Å². The molecular weight excluding hydrogens is 537 g/mol.